The molecule has 3 nitrogen and oxygen atoms in total. The number of fused-ring (bicyclic) bond motifs is 9. The third-order valence-corrected chi connectivity index (χ3v) is 12.8. The third kappa shape index (κ3) is 5.19. The van der Waals surface area contributed by atoms with Crippen molar-refractivity contribution >= 4 is 75.0 Å². The molecule has 0 spiro atoms. The lowest BCUT2D eigenvalue weighted by atomic mass is 9.96. The van der Waals surface area contributed by atoms with Crippen molar-refractivity contribution in [1.82, 2.24) is 14.5 Å². The van der Waals surface area contributed by atoms with Gasteiger partial charge in [0.2, 0.25) is 5.95 Å². The van der Waals surface area contributed by atoms with Crippen molar-refractivity contribution in [1.29, 1.82) is 0 Å². The second-order valence-electron chi connectivity index (χ2n) is 14.9. The Kier molecular flexibility index (Phi) is 7.40. The molecule has 0 amide bonds. The molecule has 3 heterocycles. The smallest absolute Gasteiger partial charge is 0.235 e. The van der Waals surface area contributed by atoms with E-state index in [1.807, 2.05) is 11.3 Å². The highest BCUT2D eigenvalue weighted by molar-refractivity contribution is 7.26. The number of hydrogen-bond acceptors (Lipinski definition) is 3. The van der Waals surface area contributed by atoms with Crippen LogP contribution in [0.4, 0.5) is 0 Å². The van der Waals surface area contributed by atoms with Crippen LogP contribution >= 0.6 is 11.3 Å². The molecule has 0 unspecified atom stereocenters. The number of rotatable bonds is 5. The fourth-order valence-corrected chi connectivity index (χ4v) is 10.1. The minimum Gasteiger partial charge on any atom is -0.278 e. The van der Waals surface area contributed by atoms with Crippen LogP contribution in [0.1, 0.15) is 0 Å². The third-order valence-electron chi connectivity index (χ3n) is 11.6. The lowest BCUT2D eigenvalue weighted by Gasteiger charge is -2.13. The first kappa shape index (κ1) is 32.8. The molecule has 0 aliphatic rings. The van der Waals surface area contributed by atoms with E-state index >= 15 is 0 Å². The molecular weight excluding hydrogens is 723 g/mol. The molecule has 4 heteroatoms. The molecule has 0 saturated heterocycles. The van der Waals surface area contributed by atoms with Crippen LogP contribution in [-0.2, 0) is 0 Å². The highest BCUT2D eigenvalue weighted by Gasteiger charge is 2.19. The number of hydrogen-bond donors (Lipinski definition) is 0. The number of aromatic nitrogens is 3. The Labute approximate surface area is 338 Å². The van der Waals surface area contributed by atoms with Crippen LogP contribution in [0.25, 0.3) is 114 Å². The number of thiophene rings is 1. The van der Waals surface area contributed by atoms with Gasteiger partial charge in [0.25, 0.3) is 0 Å². The fourth-order valence-electron chi connectivity index (χ4n) is 8.87. The van der Waals surface area contributed by atoms with Gasteiger partial charge < -0.3 is 0 Å². The van der Waals surface area contributed by atoms with E-state index in [1.165, 1.54) is 69.5 Å². The zero-order valence-electron chi connectivity index (χ0n) is 31.3. The van der Waals surface area contributed by atoms with Gasteiger partial charge in [-0.2, -0.15) is 0 Å². The maximum atomic E-state index is 5.39. The number of para-hydroxylation sites is 2. The van der Waals surface area contributed by atoms with E-state index in [1.54, 1.807) is 0 Å². The summed E-state index contributed by atoms with van der Waals surface area (Å²) in [6, 6.07) is 72.0. The molecular formula is C54H33N3S. The monoisotopic (exact) mass is 755 g/mol. The molecule has 12 rings (SSSR count). The molecule has 270 valence electrons. The number of nitrogens with zero attached hydrogens (tertiary/aromatic N) is 3. The lowest BCUT2D eigenvalue weighted by Crippen LogP contribution is -2.03. The second-order valence-corrected chi connectivity index (χ2v) is 16.0. The van der Waals surface area contributed by atoms with E-state index in [2.05, 4.69) is 205 Å². The Balaban J connectivity index is 0.974. The van der Waals surface area contributed by atoms with Crippen LogP contribution in [0, 0.1) is 0 Å². The van der Waals surface area contributed by atoms with Crippen LogP contribution < -0.4 is 0 Å². The van der Waals surface area contributed by atoms with Gasteiger partial charge in [-0.15, -0.1) is 11.3 Å². The molecule has 0 aliphatic carbocycles. The van der Waals surface area contributed by atoms with Gasteiger partial charge in [-0.3, -0.25) is 4.57 Å². The van der Waals surface area contributed by atoms with Crippen molar-refractivity contribution in [2.75, 3.05) is 0 Å². The molecule has 0 N–H and O–H groups in total. The lowest BCUT2D eigenvalue weighted by molar-refractivity contribution is 1.01. The summed E-state index contributed by atoms with van der Waals surface area (Å²) in [7, 11) is 0. The topological polar surface area (TPSA) is 30.7 Å². The quantitative estimate of drug-likeness (QED) is 0.175. The minimum atomic E-state index is 0.660. The van der Waals surface area contributed by atoms with Gasteiger partial charge >= 0.3 is 0 Å². The zero-order valence-corrected chi connectivity index (χ0v) is 32.1. The van der Waals surface area contributed by atoms with Gasteiger partial charge in [-0.25, -0.2) is 9.97 Å². The molecule has 0 aliphatic heterocycles. The van der Waals surface area contributed by atoms with Crippen LogP contribution in [0.3, 0.4) is 0 Å². The van der Waals surface area contributed by atoms with E-state index < -0.39 is 0 Å². The average Bonchev–Trinajstić information content (AvgIpc) is 3.85. The summed E-state index contributed by atoms with van der Waals surface area (Å²) in [5, 5.41) is 8.47. The highest BCUT2D eigenvalue weighted by atomic mass is 32.1. The maximum Gasteiger partial charge on any atom is 0.235 e. The van der Waals surface area contributed by atoms with Gasteiger partial charge in [-0.1, -0.05) is 164 Å². The SMILES string of the molecule is c1ccc(-c2cccc(-c3nc(-n4c5ccccc5c5c6ccc(-c7ccc(-c8cccc9c8sc8ccccc89)cc7)cc6ccc54)nc4ccccc34)c2)cc1. The van der Waals surface area contributed by atoms with Gasteiger partial charge in [0.1, 0.15) is 0 Å². The summed E-state index contributed by atoms with van der Waals surface area (Å²) < 4.78 is 4.91. The molecule has 0 atom stereocenters. The Bertz CT molecular complexity index is 3560. The second kappa shape index (κ2) is 13.1. The standard InChI is InChI=1S/C54H33N3S/c1-2-12-34(13-3-1)37-14-10-15-40(33-37)52-45-17-4-7-21-47(45)55-54(56-52)57-48-22-8-5-18-46(48)51-41-30-28-38(32-39(41)29-31-49(51)57)35-24-26-36(27-25-35)42-19-11-20-44-43-16-6-9-23-50(43)58-53(42)44/h1-33H. The maximum absolute atomic E-state index is 5.39. The summed E-state index contributed by atoms with van der Waals surface area (Å²) in [5.74, 6) is 0.660. The summed E-state index contributed by atoms with van der Waals surface area (Å²) in [6.45, 7) is 0. The molecule has 3 aromatic heterocycles. The van der Waals surface area contributed by atoms with Gasteiger partial charge in [0, 0.05) is 41.9 Å². The van der Waals surface area contributed by atoms with E-state index in [-0.39, 0.29) is 0 Å². The van der Waals surface area contributed by atoms with Crippen LogP contribution in [-0.4, -0.2) is 14.5 Å². The molecule has 12 aromatic rings. The van der Waals surface area contributed by atoms with Gasteiger partial charge in [-0.05, 0) is 80.6 Å². The number of benzene rings is 9. The molecule has 0 radical (unpaired) electrons. The first-order chi connectivity index (χ1) is 28.7. The van der Waals surface area contributed by atoms with Crippen LogP contribution in [0.5, 0.6) is 0 Å². The Morgan fingerprint density at radius 2 is 1.03 bits per heavy atom. The fraction of sp³-hybridized carbons (Fsp3) is 0. The summed E-state index contributed by atoms with van der Waals surface area (Å²) in [6.07, 6.45) is 0. The Morgan fingerprint density at radius 3 is 1.93 bits per heavy atom. The van der Waals surface area contributed by atoms with Crippen molar-refractivity contribution in [3.63, 3.8) is 0 Å². The predicted octanol–water partition coefficient (Wildman–Crippen LogP) is 14.9. The molecule has 0 bridgehead atoms. The van der Waals surface area contributed by atoms with E-state index in [9.17, 15) is 0 Å². The summed E-state index contributed by atoms with van der Waals surface area (Å²) in [4.78, 5) is 10.6. The van der Waals surface area contributed by atoms with Crippen LogP contribution in [0.2, 0.25) is 0 Å². The van der Waals surface area contributed by atoms with Gasteiger partial charge in [0.05, 0.1) is 22.2 Å². The van der Waals surface area contributed by atoms with E-state index in [0.717, 1.165) is 38.8 Å². The molecule has 58 heavy (non-hydrogen) atoms. The summed E-state index contributed by atoms with van der Waals surface area (Å²) >= 11 is 1.88. The Morgan fingerprint density at radius 1 is 0.379 bits per heavy atom. The van der Waals surface area contributed by atoms with Crippen molar-refractivity contribution in [2.45, 2.75) is 0 Å². The minimum absolute atomic E-state index is 0.660. The highest BCUT2D eigenvalue weighted by Crippen LogP contribution is 2.42. The van der Waals surface area contributed by atoms with E-state index in [4.69, 9.17) is 9.97 Å². The molecule has 0 fully saturated rings. The van der Waals surface area contributed by atoms with Crippen molar-refractivity contribution in [2.24, 2.45) is 0 Å². The Hall–Kier alpha value is -7.40. The van der Waals surface area contributed by atoms with Crippen molar-refractivity contribution in [3.8, 4) is 50.6 Å². The summed E-state index contributed by atoms with van der Waals surface area (Å²) in [5.41, 5.74) is 12.3. The molecule has 0 saturated carbocycles. The van der Waals surface area contributed by atoms with E-state index in [0.29, 0.717) is 5.95 Å². The van der Waals surface area contributed by atoms with Crippen molar-refractivity contribution in [3.05, 3.63) is 200 Å². The first-order valence-electron chi connectivity index (χ1n) is 19.7. The average molecular weight is 756 g/mol. The predicted molar refractivity (Wildman–Crippen MR) is 246 cm³/mol. The molecule has 9 aromatic carbocycles. The normalized spacial score (nSPS) is 11.8. The van der Waals surface area contributed by atoms with Crippen molar-refractivity contribution < 1.29 is 0 Å². The first-order valence-corrected chi connectivity index (χ1v) is 20.5. The van der Waals surface area contributed by atoms with Crippen LogP contribution in [0.15, 0.2) is 200 Å². The zero-order chi connectivity index (χ0) is 38.2. The van der Waals surface area contributed by atoms with Gasteiger partial charge in [0.15, 0.2) is 0 Å². The largest absolute Gasteiger partial charge is 0.278 e.